The van der Waals surface area contributed by atoms with E-state index in [0.717, 1.165) is 22.9 Å². The van der Waals surface area contributed by atoms with E-state index >= 15 is 0 Å². The third-order valence-corrected chi connectivity index (χ3v) is 4.81. The molecule has 2 saturated heterocycles. The van der Waals surface area contributed by atoms with Crippen LogP contribution in [0.2, 0.25) is 0 Å². The zero-order valence-electron chi connectivity index (χ0n) is 12.7. The van der Waals surface area contributed by atoms with Gasteiger partial charge in [0.05, 0.1) is 19.3 Å². The number of amides is 2. The molecule has 1 atom stereocenters. The van der Waals surface area contributed by atoms with Crippen molar-refractivity contribution >= 4 is 22.0 Å². The zero-order chi connectivity index (χ0) is 15.6. The largest absolute Gasteiger partial charge is 0.347 e. The number of nitrogens with zero attached hydrogens (tertiary/aromatic N) is 1. The molecule has 2 heterocycles. The molecule has 2 fully saturated rings. The van der Waals surface area contributed by atoms with Gasteiger partial charge >= 0.3 is 6.03 Å². The second-order valence-electron chi connectivity index (χ2n) is 5.82. The Morgan fingerprint density at radius 1 is 1.32 bits per heavy atom. The molecule has 22 heavy (non-hydrogen) atoms. The van der Waals surface area contributed by atoms with Crippen molar-refractivity contribution in [3.63, 3.8) is 0 Å². The molecule has 3 rings (SSSR count). The van der Waals surface area contributed by atoms with E-state index in [1.807, 2.05) is 36.1 Å². The average molecular weight is 369 g/mol. The fourth-order valence-corrected chi connectivity index (χ4v) is 3.39. The molecule has 1 aromatic rings. The van der Waals surface area contributed by atoms with Gasteiger partial charge in [-0.25, -0.2) is 4.79 Å². The lowest BCUT2D eigenvalue weighted by atomic mass is 10.0. The monoisotopic (exact) mass is 368 g/mol. The van der Waals surface area contributed by atoms with E-state index in [0.29, 0.717) is 26.3 Å². The fourth-order valence-electron chi connectivity index (χ4n) is 2.97. The molecule has 6 heteroatoms. The summed E-state index contributed by atoms with van der Waals surface area (Å²) in [5.41, 5.74) is 1.08. The van der Waals surface area contributed by atoms with Gasteiger partial charge in [0, 0.05) is 30.4 Å². The van der Waals surface area contributed by atoms with Crippen LogP contribution in [-0.4, -0.2) is 43.0 Å². The van der Waals surface area contributed by atoms with Crippen molar-refractivity contribution in [2.45, 2.75) is 31.6 Å². The molecule has 1 aromatic carbocycles. The first-order chi connectivity index (χ1) is 10.6. The van der Waals surface area contributed by atoms with E-state index in [-0.39, 0.29) is 12.1 Å². The van der Waals surface area contributed by atoms with Gasteiger partial charge in [-0.05, 0) is 24.6 Å². The summed E-state index contributed by atoms with van der Waals surface area (Å²) in [5.74, 6) is -0.438. The number of ether oxygens (including phenoxy) is 2. The Bertz CT molecular complexity index is 536. The quantitative estimate of drug-likeness (QED) is 0.872. The minimum atomic E-state index is -0.438. The molecule has 0 bridgehead atoms. The van der Waals surface area contributed by atoms with Gasteiger partial charge in [0.2, 0.25) is 0 Å². The third kappa shape index (κ3) is 3.45. The van der Waals surface area contributed by atoms with Crippen LogP contribution >= 0.6 is 15.9 Å². The second kappa shape index (κ2) is 6.56. The Labute approximate surface area is 139 Å². The summed E-state index contributed by atoms with van der Waals surface area (Å²) in [6.07, 6.45) is 1.48. The minimum Gasteiger partial charge on any atom is -0.347 e. The predicted molar refractivity (Wildman–Crippen MR) is 86.5 cm³/mol. The summed E-state index contributed by atoms with van der Waals surface area (Å²) < 4.78 is 12.4. The summed E-state index contributed by atoms with van der Waals surface area (Å²) in [6.45, 7) is 4.64. The molecule has 2 amide bonds. The van der Waals surface area contributed by atoms with Crippen LogP contribution in [-0.2, 0) is 9.47 Å². The standard InChI is InChI=1S/C16H21BrN2O3/c1-12(13-3-2-4-14(17)11-13)18-15(20)19-7-5-16(6-8-19)21-9-10-22-16/h2-4,11-12H,5-10H2,1H3,(H,18,20)/t12-/m0/s1. The molecular weight excluding hydrogens is 348 g/mol. The lowest BCUT2D eigenvalue weighted by Gasteiger charge is -2.37. The van der Waals surface area contributed by atoms with Gasteiger partial charge in [-0.1, -0.05) is 28.1 Å². The highest BCUT2D eigenvalue weighted by Crippen LogP contribution is 2.31. The Hall–Kier alpha value is -1.11. The van der Waals surface area contributed by atoms with Crippen LogP contribution in [0.1, 0.15) is 31.4 Å². The van der Waals surface area contributed by atoms with Crippen molar-refractivity contribution in [1.29, 1.82) is 0 Å². The highest BCUT2D eigenvalue weighted by Gasteiger charge is 2.40. The molecule has 1 N–H and O–H groups in total. The fraction of sp³-hybridized carbons (Fsp3) is 0.562. The van der Waals surface area contributed by atoms with Crippen LogP contribution in [0.5, 0.6) is 0 Å². The minimum absolute atomic E-state index is 0.0275. The molecule has 5 nitrogen and oxygen atoms in total. The Kier molecular flexibility index (Phi) is 4.70. The van der Waals surface area contributed by atoms with Gasteiger partial charge in [-0.15, -0.1) is 0 Å². The third-order valence-electron chi connectivity index (χ3n) is 4.31. The topological polar surface area (TPSA) is 50.8 Å². The molecule has 0 saturated carbocycles. The Balaban J connectivity index is 1.54. The van der Waals surface area contributed by atoms with Crippen molar-refractivity contribution in [2.24, 2.45) is 0 Å². The van der Waals surface area contributed by atoms with Crippen LogP contribution in [0.25, 0.3) is 0 Å². The van der Waals surface area contributed by atoms with E-state index < -0.39 is 5.79 Å². The molecular formula is C16H21BrN2O3. The van der Waals surface area contributed by atoms with Crippen molar-refractivity contribution in [3.05, 3.63) is 34.3 Å². The number of piperidine rings is 1. The van der Waals surface area contributed by atoms with Crippen LogP contribution in [0.15, 0.2) is 28.7 Å². The summed E-state index contributed by atoms with van der Waals surface area (Å²) >= 11 is 3.46. The first kappa shape index (κ1) is 15.8. The number of hydrogen-bond donors (Lipinski definition) is 1. The highest BCUT2D eigenvalue weighted by molar-refractivity contribution is 9.10. The first-order valence-corrected chi connectivity index (χ1v) is 8.46. The number of carbonyl (C=O) groups is 1. The molecule has 1 spiro atoms. The number of rotatable bonds is 2. The smallest absolute Gasteiger partial charge is 0.317 e. The van der Waals surface area contributed by atoms with E-state index in [1.165, 1.54) is 0 Å². The lowest BCUT2D eigenvalue weighted by molar-refractivity contribution is -0.181. The number of nitrogens with one attached hydrogen (secondary N) is 1. The molecule has 0 aromatic heterocycles. The van der Waals surface area contributed by atoms with E-state index in [2.05, 4.69) is 21.2 Å². The van der Waals surface area contributed by atoms with Gasteiger partial charge < -0.3 is 19.7 Å². The molecule has 0 aliphatic carbocycles. The van der Waals surface area contributed by atoms with Gasteiger partial charge in [-0.2, -0.15) is 0 Å². The maximum atomic E-state index is 12.4. The summed E-state index contributed by atoms with van der Waals surface area (Å²) in [4.78, 5) is 14.2. The summed E-state index contributed by atoms with van der Waals surface area (Å²) in [5, 5.41) is 3.06. The average Bonchev–Trinajstić information content (AvgIpc) is 2.96. The SMILES string of the molecule is C[C@H](NC(=O)N1CCC2(CC1)OCCO2)c1cccc(Br)c1. The van der Waals surface area contributed by atoms with E-state index in [9.17, 15) is 4.79 Å². The number of likely N-dealkylation sites (tertiary alicyclic amines) is 1. The Morgan fingerprint density at radius 3 is 2.64 bits per heavy atom. The lowest BCUT2D eigenvalue weighted by Crippen LogP contribution is -2.50. The van der Waals surface area contributed by atoms with Gasteiger partial charge in [0.15, 0.2) is 5.79 Å². The normalized spacial score (nSPS) is 21.8. The van der Waals surface area contributed by atoms with Crippen molar-refractivity contribution in [1.82, 2.24) is 10.2 Å². The molecule has 2 aliphatic rings. The number of halogens is 1. The van der Waals surface area contributed by atoms with Crippen LogP contribution in [0.4, 0.5) is 4.79 Å². The second-order valence-corrected chi connectivity index (χ2v) is 6.74. The van der Waals surface area contributed by atoms with Crippen molar-refractivity contribution in [3.8, 4) is 0 Å². The highest BCUT2D eigenvalue weighted by atomic mass is 79.9. The van der Waals surface area contributed by atoms with Crippen LogP contribution < -0.4 is 5.32 Å². The molecule has 0 unspecified atom stereocenters. The molecule has 2 aliphatic heterocycles. The Morgan fingerprint density at radius 2 is 2.00 bits per heavy atom. The van der Waals surface area contributed by atoms with Crippen LogP contribution in [0.3, 0.4) is 0 Å². The van der Waals surface area contributed by atoms with E-state index in [4.69, 9.17) is 9.47 Å². The predicted octanol–water partition coefficient (Wildman–Crippen LogP) is 3.06. The van der Waals surface area contributed by atoms with Crippen molar-refractivity contribution in [2.75, 3.05) is 26.3 Å². The zero-order valence-corrected chi connectivity index (χ0v) is 14.3. The maximum Gasteiger partial charge on any atom is 0.317 e. The van der Waals surface area contributed by atoms with Gasteiger partial charge in [0.25, 0.3) is 0 Å². The van der Waals surface area contributed by atoms with Gasteiger partial charge in [-0.3, -0.25) is 0 Å². The number of carbonyl (C=O) groups excluding carboxylic acids is 1. The van der Waals surface area contributed by atoms with Crippen molar-refractivity contribution < 1.29 is 14.3 Å². The number of benzene rings is 1. The first-order valence-electron chi connectivity index (χ1n) is 7.67. The maximum absolute atomic E-state index is 12.4. The summed E-state index contributed by atoms with van der Waals surface area (Å²) in [7, 11) is 0. The number of urea groups is 1. The molecule has 120 valence electrons. The summed E-state index contributed by atoms with van der Waals surface area (Å²) in [6, 6.07) is 7.93. The van der Waals surface area contributed by atoms with E-state index in [1.54, 1.807) is 0 Å². The molecule has 0 radical (unpaired) electrons. The number of hydrogen-bond acceptors (Lipinski definition) is 3. The van der Waals surface area contributed by atoms with Crippen LogP contribution in [0, 0.1) is 0 Å². The van der Waals surface area contributed by atoms with Gasteiger partial charge in [0.1, 0.15) is 0 Å².